The number of aromatic nitrogens is 1. The highest BCUT2D eigenvalue weighted by molar-refractivity contribution is 5.91. The van der Waals surface area contributed by atoms with Crippen LogP contribution in [0.1, 0.15) is 42.9 Å². The third-order valence-electron chi connectivity index (χ3n) is 5.92. The highest BCUT2D eigenvalue weighted by Gasteiger charge is 2.38. The number of carbonyl (C=O) groups excluding carboxylic acids is 1. The summed E-state index contributed by atoms with van der Waals surface area (Å²) in [5.74, 6) is 0.904. The van der Waals surface area contributed by atoms with E-state index < -0.39 is 0 Å². The molecule has 27 heavy (non-hydrogen) atoms. The van der Waals surface area contributed by atoms with Gasteiger partial charge < -0.3 is 15.6 Å². The number of anilines is 2. The molecule has 136 valence electrons. The molecule has 4 heteroatoms. The molecule has 3 atom stereocenters. The molecule has 3 N–H and O–H groups in total. The van der Waals surface area contributed by atoms with E-state index in [9.17, 15) is 4.79 Å². The first-order valence-corrected chi connectivity index (χ1v) is 9.67. The van der Waals surface area contributed by atoms with Crippen LogP contribution in [-0.4, -0.2) is 10.9 Å². The van der Waals surface area contributed by atoms with Gasteiger partial charge in [0.25, 0.3) is 0 Å². The number of amides is 1. The first-order valence-electron chi connectivity index (χ1n) is 9.67. The van der Waals surface area contributed by atoms with E-state index in [2.05, 4.69) is 70.4 Å². The minimum Gasteiger partial charge on any atom is -0.378 e. The van der Waals surface area contributed by atoms with E-state index in [1.165, 1.54) is 22.0 Å². The Kier molecular flexibility index (Phi) is 3.78. The molecule has 1 amide bonds. The van der Waals surface area contributed by atoms with Crippen LogP contribution in [0.5, 0.6) is 0 Å². The number of para-hydroxylation sites is 1. The number of aromatic amines is 1. The molecule has 0 saturated heterocycles. The van der Waals surface area contributed by atoms with Gasteiger partial charge in [-0.25, -0.2) is 0 Å². The van der Waals surface area contributed by atoms with Crippen molar-refractivity contribution in [2.24, 2.45) is 5.92 Å². The molecule has 4 nitrogen and oxygen atoms in total. The lowest BCUT2D eigenvalue weighted by Gasteiger charge is -2.37. The van der Waals surface area contributed by atoms with Crippen molar-refractivity contribution in [2.75, 3.05) is 10.6 Å². The van der Waals surface area contributed by atoms with Crippen LogP contribution in [0.4, 0.5) is 11.4 Å². The van der Waals surface area contributed by atoms with Gasteiger partial charge in [0.15, 0.2) is 0 Å². The van der Waals surface area contributed by atoms with Gasteiger partial charge in [-0.2, -0.15) is 0 Å². The molecule has 0 fully saturated rings. The lowest BCUT2D eigenvalue weighted by molar-refractivity contribution is -0.115. The van der Waals surface area contributed by atoms with Crippen LogP contribution in [0.2, 0.25) is 0 Å². The first-order chi connectivity index (χ1) is 13.2. The van der Waals surface area contributed by atoms with Crippen LogP contribution in [0.15, 0.2) is 60.8 Å². The summed E-state index contributed by atoms with van der Waals surface area (Å²) < 4.78 is 0. The zero-order chi connectivity index (χ0) is 18.4. The summed E-state index contributed by atoms with van der Waals surface area (Å²) in [7, 11) is 0. The second kappa shape index (κ2) is 6.31. The number of rotatable bonds is 3. The number of hydrogen-bond donors (Lipinski definition) is 3. The summed E-state index contributed by atoms with van der Waals surface area (Å²) in [5, 5.41) is 8.06. The molecule has 2 aliphatic rings. The molecule has 3 unspecified atom stereocenters. The number of hydrogen-bond acceptors (Lipinski definition) is 2. The Morgan fingerprint density at radius 3 is 2.96 bits per heavy atom. The average Bonchev–Trinajstić information content (AvgIpc) is 3.35. The van der Waals surface area contributed by atoms with Gasteiger partial charge in [0.2, 0.25) is 5.91 Å². The monoisotopic (exact) mass is 357 g/mol. The second-order valence-corrected chi connectivity index (χ2v) is 7.47. The van der Waals surface area contributed by atoms with Gasteiger partial charge in [-0.3, -0.25) is 4.79 Å². The summed E-state index contributed by atoms with van der Waals surface area (Å²) in [6.45, 7) is 1.87. The molecule has 5 rings (SSSR count). The van der Waals surface area contributed by atoms with E-state index in [1.807, 2.05) is 13.0 Å². The van der Waals surface area contributed by atoms with Crippen molar-refractivity contribution in [1.82, 2.24) is 4.98 Å². The Labute approximate surface area is 158 Å². The van der Waals surface area contributed by atoms with Crippen LogP contribution in [0.25, 0.3) is 10.9 Å². The van der Waals surface area contributed by atoms with Crippen LogP contribution in [0, 0.1) is 5.92 Å². The number of fused-ring (bicyclic) bond motifs is 4. The fourth-order valence-corrected chi connectivity index (χ4v) is 4.58. The van der Waals surface area contributed by atoms with E-state index >= 15 is 0 Å². The van der Waals surface area contributed by atoms with Crippen LogP contribution >= 0.6 is 0 Å². The van der Waals surface area contributed by atoms with Gasteiger partial charge in [0, 0.05) is 40.8 Å². The summed E-state index contributed by atoms with van der Waals surface area (Å²) in [5.41, 5.74) is 5.83. The molecule has 0 saturated carbocycles. The SMILES string of the molecule is CCC(=O)Nc1ccc2c(c1)C1C=CCC1C(c1c[nH]c3ccccc13)N2. The van der Waals surface area contributed by atoms with E-state index in [4.69, 9.17) is 0 Å². The van der Waals surface area contributed by atoms with E-state index in [0.29, 0.717) is 18.3 Å². The Hall–Kier alpha value is -3.01. The number of carbonyl (C=O) groups is 1. The van der Waals surface area contributed by atoms with Gasteiger partial charge in [-0.05, 0) is 47.7 Å². The van der Waals surface area contributed by atoms with Crippen LogP contribution in [-0.2, 0) is 4.79 Å². The molecule has 1 aromatic heterocycles. The zero-order valence-electron chi connectivity index (χ0n) is 15.3. The highest BCUT2D eigenvalue weighted by Crippen LogP contribution is 2.51. The summed E-state index contributed by atoms with van der Waals surface area (Å²) in [6, 6.07) is 15.0. The third kappa shape index (κ3) is 2.64. The maximum Gasteiger partial charge on any atom is 0.224 e. The smallest absolute Gasteiger partial charge is 0.224 e. The maximum absolute atomic E-state index is 11.8. The van der Waals surface area contributed by atoms with Gasteiger partial charge in [0.05, 0.1) is 6.04 Å². The van der Waals surface area contributed by atoms with Gasteiger partial charge in [-0.1, -0.05) is 37.3 Å². The molecule has 1 aliphatic carbocycles. The van der Waals surface area contributed by atoms with Crippen molar-refractivity contribution in [3.8, 4) is 0 Å². The van der Waals surface area contributed by atoms with Crippen LogP contribution in [0.3, 0.4) is 0 Å². The molecule has 3 aromatic rings. The zero-order valence-corrected chi connectivity index (χ0v) is 15.3. The fourth-order valence-electron chi connectivity index (χ4n) is 4.58. The lowest BCUT2D eigenvalue weighted by Crippen LogP contribution is -2.29. The predicted octanol–water partition coefficient (Wildman–Crippen LogP) is 5.34. The number of H-pyrrole nitrogens is 1. The standard InChI is InChI=1S/C23H23N3O/c1-2-22(27)25-14-10-11-21-18(12-14)15-7-5-8-17(15)23(26-21)19-13-24-20-9-4-3-6-16(19)20/h3-7,9-13,15,17,23-24,26H,2,8H2,1H3,(H,25,27). The highest BCUT2D eigenvalue weighted by atomic mass is 16.1. The van der Waals surface area contributed by atoms with Crippen molar-refractivity contribution < 1.29 is 4.79 Å². The Morgan fingerprint density at radius 1 is 1.19 bits per heavy atom. The largest absolute Gasteiger partial charge is 0.378 e. The predicted molar refractivity (Wildman–Crippen MR) is 110 cm³/mol. The Morgan fingerprint density at radius 2 is 2.07 bits per heavy atom. The van der Waals surface area contributed by atoms with Gasteiger partial charge >= 0.3 is 0 Å². The topological polar surface area (TPSA) is 56.9 Å². The minimum atomic E-state index is 0.0499. The van der Waals surface area contributed by atoms with Gasteiger partial charge in [-0.15, -0.1) is 0 Å². The molecule has 1 aliphatic heterocycles. The maximum atomic E-state index is 11.8. The Bertz CT molecular complexity index is 1050. The van der Waals surface area contributed by atoms with Crippen molar-refractivity contribution in [1.29, 1.82) is 0 Å². The van der Waals surface area contributed by atoms with Crippen molar-refractivity contribution in [3.05, 3.63) is 71.9 Å². The first kappa shape index (κ1) is 16.2. The van der Waals surface area contributed by atoms with E-state index in [-0.39, 0.29) is 11.9 Å². The third-order valence-corrected chi connectivity index (χ3v) is 5.92. The molecule has 2 heterocycles. The van der Waals surface area contributed by atoms with Crippen molar-refractivity contribution in [2.45, 2.75) is 31.7 Å². The van der Waals surface area contributed by atoms with Gasteiger partial charge in [0.1, 0.15) is 0 Å². The molecular weight excluding hydrogens is 334 g/mol. The van der Waals surface area contributed by atoms with Crippen molar-refractivity contribution in [3.63, 3.8) is 0 Å². The quantitative estimate of drug-likeness (QED) is 0.554. The molecular formula is C23H23N3O. The number of nitrogens with one attached hydrogen (secondary N) is 3. The van der Waals surface area contributed by atoms with E-state index in [0.717, 1.165) is 17.8 Å². The van der Waals surface area contributed by atoms with E-state index in [1.54, 1.807) is 0 Å². The Balaban J connectivity index is 1.55. The molecule has 2 aromatic carbocycles. The summed E-state index contributed by atoms with van der Waals surface area (Å²) in [6.07, 6.45) is 8.33. The minimum absolute atomic E-state index is 0.0499. The summed E-state index contributed by atoms with van der Waals surface area (Å²) in [4.78, 5) is 15.2. The molecule has 0 spiro atoms. The lowest BCUT2D eigenvalue weighted by atomic mass is 9.77. The van der Waals surface area contributed by atoms with Crippen LogP contribution < -0.4 is 10.6 Å². The average molecular weight is 357 g/mol. The second-order valence-electron chi connectivity index (χ2n) is 7.47. The number of allylic oxidation sites excluding steroid dienone is 2. The summed E-state index contributed by atoms with van der Waals surface area (Å²) >= 11 is 0. The molecule has 0 radical (unpaired) electrons. The normalized spacial score (nSPS) is 22.9. The fraction of sp³-hybridized carbons (Fsp3) is 0.261. The van der Waals surface area contributed by atoms with Crippen molar-refractivity contribution >= 4 is 28.2 Å². The number of benzene rings is 2. The molecule has 0 bridgehead atoms.